The normalized spacial score (nSPS) is 17.7. The van der Waals surface area contributed by atoms with Crippen LogP contribution in [0.1, 0.15) is 56.3 Å². The Kier molecular flexibility index (Phi) is 8.15. The molecule has 0 spiro atoms. The second kappa shape index (κ2) is 10.8. The summed E-state index contributed by atoms with van der Waals surface area (Å²) in [5.74, 6) is 0.839. The van der Waals surface area contributed by atoms with Crippen LogP contribution in [0.3, 0.4) is 0 Å². The number of hydrogen-bond donors (Lipinski definition) is 3. The molecule has 0 saturated carbocycles. The van der Waals surface area contributed by atoms with Crippen LogP contribution >= 0.6 is 0 Å². The Morgan fingerprint density at radius 2 is 1.94 bits per heavy atom. The van der Waals surface area contributed by atoms with Crippen molar-refractivity contribution in [2.24, 2.45) is 0 Å². The summed E-state index contributed by atoms with van der Waals surface area (Å²) in [4.78, 5) is 12.4. The lowest BCUT2D eigenvalue weighted by atomic mass is 9.87. The van der Waals surface area contributed by atoms with E-state index in [1.54, 1.807) is 7.11 Å². The molecule has 1 amide bonds. The minimum Gasteiger partial charge on any atom is -0.497 e. The smallest absolute Gasteiger partial charge is 0.407 e. The summed E-state index contributed by atoms with van der Waals surface area (Å²) in [6.45, 7) is 5.83. The summed E-state index contributed by atoms with van der Waals surface area (Å²) in [5, 5.41) is 17.4. The van der Waals surface area contributed by atoms with E-state index in [4.69, 9.17) is 9.47 Å². The molecule has 2 aromatic rings. The van der Waals surface area contributed by atoms with Gasteiger partial charge in [-0.3, -0.25) is 0 Å². The first kappa shape index (κ1) is 24.1. The Labute approximate surface area is 191 Å². The van der Waals surface area contributed by atoms with Crippen molar-refractivity contribution in [3.8, 4) is 5.75 Å². The first-order chi connectivity index (χ1) is 15.2. The third-order valence-corrected chi connectivity index (χ3v) is 5.71. The fourth-order valence-corrected chi connectivity index (χ4v) is 4.13. The van der Waals surface area contributed by atoms with E-state index in [9.17, 15) is 9.90 Å². The predicted molar refractivity (Wildman–Crippen MR) is 126 cm³/mol. The summed E-state index contributed by atoms with van der Waals surface area (Å²) >= 11 is 0. The number of methoxy groups -OCH3 is 1. The number of aliphatic hydroxyl groups is 1. The molecule has 6 nitrogen and oxygen atoms in total. The van der Waals surface area contributed by atoms with Gasteiger partial charge in [-0.15, -0.1) is 0 Å². The molecule has 0 radical (unpaired) electrons. The molecule has 1 unspecified atom stereocenters. The van der Waals surface area contributed by atoms with Crippen LogP contribution in [-0.4, -0.2) is 42.6 Å². The number of aryl methyl sites for hydroxylation is 1. The molecule has 0 heterocycles. The zero-order valence-electron chi connectivity index (χ0n) is 19.6. The first-order valence-electron chi connectivity index (χ1n) is 11.4. The van der Waals surface area contributed by atoms with Crippen molar-refractivity contribution in [2.75, 3.05) is 13.7 Å². The van der Waals surface area contributed by atoms with Crippen molar-refractivity contribution in [3.05, 3.63) is 65.2 Å². The van der Waals surface area contributed by atoms with E-state index in [0.29, 0.717) is 13.0 Å². The molecule has 6 heteroatoms. The van der Waals surface area contributed by atoms with E-state index in [1.165, 1.54) is 11.1 Å². The minimum absolute atomic E-state index is 0.141. The molecule has 0 saturated heterocycles. The Balaban J connectivity index is 1.68. The molecule has 3 rings (SSSR count). The molecule has 1 aliphatic carbocycles. The second-order valence-corrected chi connectivity index (χ2v) is 9.43. The summed E-state index contributed by atoms with van der Waals surface area (Å²) in [5.41, 5.74) is 2.98. The number of amides is 1. The number of nitrogens with one attached hydrogen (secondary N) is 2. The Bertz CT molecular complexity index is 879. The largest absolute Gasteiger partial charge is 0.497 e. The third kappa shape index (κ3) is 6.97. The van der Waals surface area contributed by atoms with Gasteiger partial charge in [0.15, 0.2) is 0 Å². The maximum atomic E-state index is 12.4. The van der Waals surface area contributed by atoms with Gasteiger partial charge in [-0.25, -0.2) is 4.79 Å². The predicted octanol–water partition coefficient (Wildman–Crippen LogP) is 4.16. The van der Waals surface area contributed by atoms with Crippen molar-refractivity contribution in [2.45, 2.75) is 70.2 Å². The molecule has 0 bridgehead atoms. The van der Waals surface area contributed by atoms with E-state index in [-0.39, 0.29) is 6.04 Å². The minimum atomic E-state index is -0.779. The zero-order chi connectivity index (χ0) is 23.1. The second-order valence-electron chi connectivity index (χ2n) is 9.43. The topological polar surface area (TPSA) is 79.8 Å². The van der Waals surface area contributed by atoms with Gasteiger partial charge in [-0.2, -0.15) is 0 Å². The average Bonchev–Trinajstić information content (AvgIpc) is 2.76. The maximum Gasteiger partial charge on any atom is 0.407 e. The Morgan fingerprint density at radius 1 is 1.19 bits per heavy atom. The highest BCUT2D eigenvalue weighted by atomic mass is 16.6. The third-order valence-electron chi connectivity index (χ3n) is 5.71. The molecule has 3 atom stereocenters. The number of alkyl carbamates (subject to hydrolysis) is 1. The first-order valence-corrected chi connectivity index (χ1v) is 11.4. The summed E-state index contributed by atoms with van der Waals surface area (Å²) in [7, 11) is 1.67. The molecule has 1 aliphatic rings. The highest BCUT2D eigenvalue weighted by Gasteiger charge is 2.27. The standard InChI is InChI=1S/C26H36N2O4/c1-26(2,3)32-25(30)28-23(15-18-9-6-5-7-10-18)24(29)17-27-22-12-8-11-19-13-14-20(31-4)16-21(19)22/h5-7,9-10,13-14,16,22-24,27,29H,8,11-12,15,17H2,1-4H3,(H,28,30)/t22?,23-,24+/m0/s1. The van der Waals surface area contributed by atoms with Crippen LogP contribution in [0.4, 0.5) is 4.79 Å². The van der Waals surface area contributed by atoms with E-state index in [1.807, 2.05) is 57.2 Å². The lowest BCUT2D eigenvalue weighted by molar-refractivity contribution is 0.0419. The molecule has 174 valence electrons. The van der Waals surface area contributed by atoms with Crippen LogP contribution in [0.2, 0.25) is 0 Å². The van der Waals surface area contributed by atoms with Gasteiger partial charge in [0.25, 0.3) is 0 Å². The molecule has 32 heavy (non-hydrogen) atoms. The quantitative estimate of drug-likeness (QED) is 0.574. The van der Waals surface area contributed by atoms with Gasteiger partial charge in [0.2, 0.25) is 0 Å². The van der Waals surface area contributed by atoms with Gasteiger partial charge in [0, 0.05) is 12.6 Å². The van der Waals surface area contributed by atoms with Gasteiger partial charge in [-0.1, -0.05) is 36.4 Å². The number of fused-ring (bicyclic) bond motifs is 1. The molecular weight excluding hydrogens is 404 g/mol. The number of carbonyl (C=O) groups is 1. The number of benzene rings is 2. The number of aliphatic hydroxyl groups excluding tert-OH is 1. The van der Waals surface area contributed by atoms with Crippen molar-refractivity contribution >= 4 is 6.09 Å². The van der Waals surface area contributed by atoms with Crippen LogP contribution in [0.25, 0.3) is 0 Å². The van der Waals surface area contributed by atoms with Gasteiger partial charge >= 0.3 is 6.09 Å². The lowest BCUT2D eigenvalue weighted by Crippen LogP contribution is -2.50. The summed E-state index contributed by atoms with van der Waals surface area (Å²) in [6.07, 6.45) is 2.35. The van der Waals surface area contributed by atoms with Crippen LogP contribution in [0.15, 0.2) is 48.5 Å². The van der Waals surface area contributed by atoms with Crippen LogP contribution in [-0.2, 0) is 17.6 Å². The van der Waals surface area contributed by atoms with E-state index in [0.717, 1.165) is 30.6 Å². The fourth-order valence-electron chi connectivity index (χ4n) is 4.13. The SMILES string of the molecule is COc1ccc2c(c1)C(NC[C@@H](O)[C@H](Cc1ccccc1)NC(=O)OC(C)(C)C)CCC2. The van der Waals surface area contributed by atoms with Crippen molar-refractivity contribution in [1.82, 2.24) is 10.6 Å². The van der Waals surface area contributed by atoms with Crippen LogP contribution in [0, 0.1) is 0 Å². The fraction of sp³-hybridized carbons (Fsp3) is 0.500. The van der Waals surface area contributed by atoms with Crippen molar-refractivity contribution in [1.29, 1.82) is 0 Å². The molecule has 2 aromatic carbocycles. The number of rotatable bonds is 8. The van der Waals surface area contributed by atoms with Gasteiger partial charge in [0.05, 0.1) is 19.3 Å². The molecule has 0 fully saturated rings. The average molecular weight is 441 g/mol. The highest BCUT2D eigenvalue weighted by molar-refractivity contribution is 5.68. The van der Waals surface area contributed by atoms with E-state index >= 15 is 0 Å². The van der Waals surface area contributed by atoms with Crippen molar-refractivity contribution < 1.29 is 19.4 Å². The van der Waals surface area contributed by atoms with Crippen LogP contribution in [0.5, 0.6) is 5.75 Å². The maximum absolute atomic E-state index is 12.4. The Hall–Kier alpha value is -2.57. The molecule has 0 aliphatic heterocycles. The Morgan fingerprint density at radius 3 is 2.62 bits per heavy atom. The van der Waals surface area contributed by atoms with Gasteiger partial charge < -0.3 is 25.2 Å². The highest BCUT2D eigenvalue weighted by Crippen LogP contribution is 2.32. The summed E-state index contributed by atoms with van der Waals surface area (Å²) < 4.78 is 10.8. The summed E-state index contributed by atoms with van der Waals surface area (Å²) in [6, 6.07) is 15.7. The van der Waals surface area contributed by atoms with Crippen LogP contribution < -0.4 is 15.4 Å². The van der Waals surface area contributed by atoms with Gasteiger partial charge in [0.1, 0.15) is 11.4 Å². The molecule has 3 N–H and O–H groups in total. The number of carbonyl (C=O) groups excluding carboxylic acids is 1. The van der Waals surface area contributed by atoms with E-state index in [2.05, 4.69) is 22.8 Å². The van der Waals surface area contributed by atoms with E-state index < -0.39 is 23.8 Å². The molecular formula is C26H36N2O4. The lowest BCUT2D eigenvalue weighted by Gasteiger charge is -2.30. The van der Waals surface area contributed by atoms with Crippen molar-refractivity contribution in [3.63, 3.8) is 0 Å². The monoisotopic (exact) mass is 440 g/mol. The van der Waals surface area contributed by atoms with Gasteiger partial charge in [-0.05, 0) is 75.3 Å². The number of hydrogen-bond acceptors (Lipinski definition) is 5. The number of ether oxygens (including phenoxy) is 2. The molecule has 0 aromatic heterocycles. The zero-order valence-corrected chi connectivity index (χ0v) is 19.6.